The molecule has 9 heteroatoms. The van der Waals surface area contributed by atoms with Gasteiger partial charge in [-0.05, 0) is 0 Å². The third-order valence-corrected chi connectivity index (χ3v) is 2.60. The van der Waals surface area contributed by atoms with E-state index in [-0.39, 0.29) is 0 Å². The van der Waals surface area contributed by atoms with Gasteiger partial charge in [0.1, 0.15) is 10.7 Å². The number of rotatable bonds is 2. The first-order valence-corrected chi connectivity index (χ1v) is 5.11. The summed E-state index contributed by atoms with van der Waals surface area (Å²) in [4.78, 5) is 11.7. The number of H-pyrrole nitrogens is 1. The number of sulfonamides is 1. The second kappa shape index (κ2) is 3.59. The maximum atomic E-state index is 12.4. The van der Waals surface area contributed by atoms with E-state index >= 15 is 0 Å². The fraction of sp³-hybridized carbons (Fsp3) is 0.167. The van der Waals surface area contributed by atoms with Crippen LogP contribution < -0.4 is 16.4 Å². The number of nitrogens with one attached hydrogen (secondary N) is 1. The van der Waals surface area contributed by atoms with Crippen molar-refractivity contribution in [3.8, 4) is 0 Å². The highest BCUT2D eigenvalue weighted by atomic mass is 32.2. The van der Waals surface area contributed by atoms with E-state index in [1.165, 1.54) is 0 Å². The van der Waals surface area contributed by atoms with Crippen molar-refractivity contribution in [2.45, 2.75) is 11.3 Å². The maximum absolute atomic E-state index is 12.4. The average Bonchev–Trinajstić information content (AvgIpc) is 1.99. The van der Waals surface area contributed by atoms with Gasteiger partial charge in [-0.2, -0.15) is 0 Å². The van der Waals surface area contributed by atoms with E-state index in [4.69, 9.17) is 5.73 Å². The molecule has 0 radical (unpaired) electrons. The van der Waals surface area contributed by atoms with Gasteiger partial charge < -0.3 is 10.7 Å². The number of anilines is 1. The first-order chi connectivity index (χ1) is 6.73. The van der Waals surface area contributed by atoms with Crippen LogP contribution >= 0.6 is 0 Å². The normalized spacial score (nSPS) is 12.0. The summed E-state index contributed by atoms with van der Waals surface area (Å²) in [6.07, 6.45) is -3.15. The van der Waals surface area contributed by atoms with Gasteiger partial charge in [0.15, 0.2) is 0 Å². The molecule has 0 bridgehead atoms. The Hall–Kier alpha value is -1.48. The van der Waals surface area contributed by atoms with E-state index in [1.807, 2.05) is 4.98 Å². The zero-order chi connectivity index (χ0) is 11.8. The monoisotopic (exact) mass is 239 g/mol. The van der Waals surface area contributed by atoms with Gasteiger partial charge in [-0.3, -0.25) is 4.79 Å². The van der Waals surface area contributed by atoms with Crippen molar-refractivity contribution >= 4 is 15.8 Å². The summed E-state index contributed by atoms with van der Waals surface area (Å²) >= 11 is 0. The number of nitrogens with two attached hydrogens (primary N) is 2. The Bertz CT molecular complexity index is 537. The zero-order valence-electron chi connectivity index (χ0n) is 7.20. The van der Waals surface area contributed by atoms with E-state index in [9.17, 15) is 22.0 Å². The van der Waals surface area contributed by atoms with Gasteiger partial charge in [0.05, 0.1) is 0 Å². The number of alkyl halides is 2. The van der Waals surface area contributed by atoms with Crippen LogP contribution in [0.1, 0.15) is 12.0 Å². The Balaban J connectivity index is 3.70. The lowest BCUT2D eigenvalue weighted by Gasteiger charge is -2.08. The molecular weight excluding hydrogens is 232 g/mol. The number of halogens is 2. The van der Waals surface area contributed by atoms with E-state index in [0.29, 0.717) is 6.07 Å². The second-order valence-electron chi connectivity index (χ2n) is 2.68. The van der Waals surface area contributed by atoms with Gasteiger partial charge in [-0.1, -0.05) is 0 Å². The highest BCUT2D eigenvalue weighted by Gasteiger charge is 2.24. The summed E-state index contributed by atoms with van der Waals surface area (Å²) in [5.41, 5.74) is 3.18. The predicted octanol–water partition coefficient (Wildman–Crippen LogP) is -0.458. The van der Waals surface area contributed by atoms with Crippen molar-refractivity contribution in [1.82, 2.24) is 4.98 Å². The second-order valence-corrected chi connectivity index (χ2v) is 4.18. The molecule has 15 heavy (non-hydrogen) atoms. The van der Waals surface area contributed by atoms with Crippen LogP contribution in [-0.2, 0) is 10.0 Å². The van der Waals surface area contributed by atoms with Crippen LogP contribution in [0.3, 0.4) is 0 Å². The molecule has 0 unspecified atom stereocenters. The smallest absolute Gasteiger partial charge is 0.265 e. The number of nitrogen functional groups attached to an aromatic ring is 1. The quantitative estimate of drug-likeness (QED) is 0.647. The van der Waals surface area contributed by atoms with Crippen molar-refractivity contribution in [2.75, 3.05) is 5.73 Å². The Morgan fingerprint density at radius 3 is 2.33 bits per heavy atom. The largest absolute Gasteiger partial charge is 0.384 e. The SMILES string of the molecule is Nc1[nH]c(=O)cc(C(F)F)c1S(N)(=O)=O. The summed E-state index contributed by atoms with van der Waals surface area (Å²) < 4.78 is 46.6. The standard InChI is InChI=1S/C6H7F2N3O3S/c7-5(8)2-1-3(12)11-6(9)4(2)15(10,13)14/h1,5H,(H3,9,11,12)(H2,10,13,14). The van der Waals surface area contributed by atoms with Crippen molar-refractivity contribution in [2.24, 2.45) is 5.14 Å². The summed E-state index contributed by atoms with van der Waals surface area (Å²) in [6.45, 7) is 0. The van der Waals surface area contributed by atoms with Gasteiger partial charge in [0.2, 0.25) is 15.6 Å². The Labute approximate surface area is 82.9 Å². The molecule has 0 aliphatic heterocycles. The summed E-state index contributed by atoms with van der Waals surface area (Å²) in [5, 5.41) is 4.68. The first kappa shape index (κ1) is 11.6. The van der Waals surface area contributed by atoms with Crippen LogP contribution in [0.25, 0.3) is 0 Å². The lowest BCUT2D eigenvalue weighted by molar-refractivity contribution is 0.148. The number of pyridine rings is 1. The van der Waals surface area contributed by atoms with Gasteiger partial charge >= 0.3 is 0 Å². The minimum atomic E-state index is -4.40. The highest BCUT2D eigenvalue weighted by Crippen LogP contribution is 2.26. The number of aromatic amines is 1. The number of hydrogen-bond acceptors (Lipinski definition) is 4. The molecule has 0 amide bonds. The molecule has 0 aromatic carbocycles. The molecule has 5 N–H and O–H groups in total. The predicted molar refractivity (Wildman–Crippen MR) is 47.8 cm³/mol. The molecule has 1 aromatic heterocycles. The van der Waals surface area contributed by atoms with Crippen molar-refractivity contribution < 1.29 is 17.2 Å². The minimum absolute atomic E-state index is 0.445. The molecule has 0 aliphatic rings. The van der Waals surface area contributed by atoms with Crippen LogP contribution in [0.2, 0.25) is 0 Å². The van der Waals surface area contributed by atoms with Crippen molar-refractivity contribution in [1.29, 1.82) is 0 Å². The fourth-order valence-corrected chi connectivity index (χ4v) is 1.90. The topological polar surface area (TPSA) is 119 Å². The van der Waals surface area contributed by atoms with Gasteiger partial charge in [0, 0.05) is 11.6 Å². The Morgan fingerprint density at radius 2 is 1.93 bits per heavy atom. The molecule has 6 nitrogen and oxygen atoms in total. The van der Waals surface area contributed by atoms with Gasteiger partial charge in [0.25, 0.3) is 6.43 Å². The van der Waals surface area contributed by atoms with Gasteiger partial charge in [-0.25, -0.2) is 22.3 Å². The average molecular weight is 239 g/mol. The zero-order valence-corrected chi connectivity index (χ0v) is 8.01. The van der Waals surface area contributed by atoms with Crippen LogP contribution in [0.15, 0.2) is 15.8 Å². The van der Waals surface area contributed by atoms with Crippen molar-refractivity contribution in [3.63, 3.8) is 0 Å². The lowest BCUT2D eigenvalue weighted by Crippen LogP contribution is -2.21. The molecule has 1 heterocycles. The molecule has 1 aromatic rings. The van der Waals surface area contributed by atoms with E-state index in [2.05, 4.69) is 5.14 Å². The lowest BCUT2D eigenvalue weighted by atomic mass is 10.2. The summed E-state index contributed by atoms with van der Waals surface area (Å²) in [7, 11) is -4.40. The van der Waals surface area contributed by atoms with Crippen LogP contribution in [0.4, 0.5) is 14.6 Å². The Kier molecular flexibility index (Phi) is 2.77. The number of primary sulfonamides is 1. The highest BCUT2D eigenvalue weighted by molar-refractivity contribution is 7.89. The molecule has 0 saturated heterocycles. The molecule has 0 spiro atoms. The molecule has 84 valence electrons. The fourth-order valence-electron chi connectivity index (χ4n) is 1.07. The van der Waals surface area contributed by atoms with Crippen LogP contribution in [-0.4, -0.2) is 13.4 Å². The van der Waals surface area contributed by atoms with E-state index in [1.54, 1.807) is 0 Å². The first-order valence-electron chi connectivity index (χ1n) is 3.57. The van der Waals surface area contributed by atoms with E-state index in [0.717, 1.165) is 0 Å². The molecule has 1 rings (SSSR count). The molecule has 0 fully saturated rings. The third-order valence-electron chi connectivity index (χ3n) is 1.57. The molecular formula is C6H7F2N3O3S. The molecule has 0 saturated carbocycles. The maximum Gasteiger partial charge on any atom is 0.265 e. The molecule has 0 aliphatic carbocycles. The number of hydrogen-bond donors (Lipinski definition) is 3. The third kappa shape index (κ3) is 2.30. The Morgan fingerprint density at radius 1 is 1.40 bits per heavy atom. The summed E-state index contributed by atoms with van der Waals surface area (Å²) in [5.74, 6) is -0.694. The van der Waals surface area contributed by atoms with Crippen LogP contribution in [0, 0.1) is 0 Å². The summed E-state index contributed by atoms with van der Waals surface area (Å²) in [6, 6.07) is 0.445. The van der Waals surface area contributed by atoms with Crippen molar-refractivity contribution in [3.05, 3.63) is 22.0 Å². The van der Waals surface area contributed by atoms with Gasteiger partial charge in [-0.15, -0.1) is 0 Å². The number of aromatic nitrogens is 1. The van der Waals surface area contributed by atoms with E-state index < -0.39 is 38.3 Å². The molecule has 0 atom stereocenters. The minimum Gasteiger partial charge on any atom is -0.384 e. The van der Waals surface area contributed by atoms with Crippen LogP contribution in [0.5, 0.6) is 0 Å².